The fourth-order valence-corrected chi connectivity index (χ4v) is 2.38. The molecule has 17 heavy (non-hydrogen) atoms. The maximum absolute atomic E-state index is 5.92. The van der Waals surface area contributed by atoms with Crippen molar-refractivity contribution in [3.8, 4) is 10.6 Å². The summed E-state index contributed by atoms with van der Waals surface area (Å²) < 4.78 is 0.745. The smallest absolute Gasteiger partial charge is 0.136 e. The molecule has 2 aromatic heterocycles. The van der Waals surface area contributed by atoms with Gasteiger partial charge in [0, 0.05) is 11.5 Å². The van der Waals surface area contributed by atoms with Gasteiger partial charge in [-0.1, -0.05) is 32.4 Å². The van der Waals surface area contributed by atoms with E-state index in [1.165, 1.54) is 11.3 Å². The molecule has 0 radical (unpaired) electrons. The van der Waals surface area contributed by atoms with Gasteiger partial charge in [-0.25, -0.2) is 9.97 Å². The molecule has 0 aliphatic carbocycles. The third-order valence-corrected chi connectivity index (χ3v) is 3.50. The molecule has 0 saturated carbocycles. The van der Waals surface area contributed by atoms with Crippen LogP contribution in [-0.2, 0) is 5.41 Å². The molecule has 0 fully saturated rings. The Balaban J connectivity index is 2.52. The second-order valence-electron chi connectivity index (χ2n) is 4.86. The Labute approximate surface area is 110 Å². The quantitative estimate of drug-likeness (QED) is 0.856. The van der Waals surface area contributed by atoms with Crippen molar-refractivity contribution in [2.24, 2.45) is 0 Å². The zero-order valence-corrected chi connectivity index (χ0v) is 11.6. The van der Waals surface area contributed by atoms with Gasteiger partial charge in [-0.05, 0) is 12.1 Å². The molecule has 0 amide bonds. The summed E-state index contributed by atoms with van der Waals surface area (Å²) in [6.07, 6.45) is 0. The highest BCUT2D eigenvalue weighted by molar-refractivity contribution is 7.19. The summed E-state index contributed by atoms with van der Waals surface area (Å²) in [6, 6.07) is 5.58. The topological polar surface area (TPSA) is 51.8 Å². The van der Waals surface area contributed by atoms with Crippen LogP contribution in [0, 0.1) is 0 Å². The number of nitrogens with two attached hydrogens (primary N) is 1. The molecular formula is C12H14ClN3S. The molecule has 0 bridgehead atoms. The molecule has 2 rings (SSSR count). The van der Waals surface area contributed by atoms with Crippen LogP contribution in [0.5, 0.6) is 0 Å². The second kappa shape index (κ2) is 4.27. The van der Waals surface area contributed by atoms with Crippen molar-refractivity contribution in [1.82, 2.24) is 9.97 Å². The Bertz CT molecular complexity index is 543. The van der Waals surface area contributed by atoms with Crippen molar-refractivity contribution >= 4 is 28.8 Å². The van der Waals surface area contributed by atoms with Crippen LogP contribution < -0.4 is 5.73 Å². The van der Waals surface area contributed by atoms with Crippen molar-refractivity contribution in [2.45, 2.75) is 26.2 Å². The van der Waals surface area contributed by atoms with E-state index in [0.29, 0.717) is 5.82 Å². The molecule has 0 unspecified atom stereocenters. The van der Waals surface area contributed by atoms with E-state index in [-0.39, 0.29) is 5.41 Å². The van der Waals surface area contributed by atoms with Gasteiger partial charge in [0.25, 0.3) is 0 Å². The van der Waals surface area contributed by atoms with Gasteiger partial charge in [-0.15, -0.1) is 11.3 Å². The van der Waals surface area contributed by atoms with Gasteiger partial charge >= 0.3 is 0 Å². The zero-order valence-electron chi connectivity index (χ0n) is 9.99. The third kappa shape index (κ3) is 2.76. The highest BCUT2D eigenvalue weighted by atomic mass is 35.5. The summed E-state index contributed by atoms with van der Waals surface area (Å²) in [6.45, 7) is 6.19. The molecule has 2 heterocycles. The summed E-state index contributed by atoms with van der Waals surface area (Å²) in [7, 11) is 0. The van der Waals surface area contributed by atoms with E-state index < -0.39 is 0 Å². The lowest BCUT2D eigenvalue weighted by Crippen LogP contribution is -2.17. The Morgan fingerprint density at radius 2 is 1.94 bits per heavy atom. The lowest BCUT2D eigenvalue weighted by molar-refractivity contribution is 0.547. The first-order chi connectivity index (χ1) is 7.86. The molecule has 3 nitrogen and oxygen atoms in total. The van der Waals surface area contributed by atoms with Gasteiger partial charge in [0.1, 0.15) is 11.6 Å². The molecule has 0 aromatic carbocycles. The average Bonchev–Trinajstić information content (AvgIpc) is 2.62. The Kier molecular flexibility index (Phi) is 3.10. The number of aromatic nitrogens is 2. The monoisotopic (exact) mass is 267 g/mol. The summed E-state index contributed by atoms with van der Waals surface area (Å²) in [5.41, 5.74) is 6.53. The van der Waals surface area contributed by atoms with E-state index in [0.717, 1.165) is 20.7 Å². The van der Waals surface area contributed by atoms with Gasteiger partial charge in [-0.2, -0.15) is 0 Å². The maximum atomic E-state index is 5.92. The highest BCUT2D eigenvalue weighted by Gasteiger charge is 2.19. The molecule has 0 atom stereocenters. The van der Waals surface area contributed by atoms with E-state index in [1.807, 2.05) is 12.1 Å². The largest absolute Gasteiger partial charge is 0.384 e. The van der Waals surface area contributed by atoms with Crippen LogP contribution in [0.3, 0.4) is 0 Å². The van der Waals surface area contributed by atoms with Crippen molar-refractivity contribution in [1.29, 1.82) is 0 Å². The second-order valence-corrected chi connectivity index (χ2v) is 6.57. The maximum Gasteiger partial charge on any atom is 0.136 e. The van der Waals surface area contributed by atoms with E-state index in [4.69, 9.17) is 17.3 Å². The predicted octanol–water partition coefficient (Wildman–Crippen LogP) is 3.74. The average molecular weight is 268 g/mol. The molecule has 0 aliphatic rings. The summed E-state index contributed by atoms with van der Waals surface area (Å²) in [4.78, 5) is 9.83. The van der Waals surface area contributed by atoms with Crippen molar-refractivity contribution in [3.05, 3.63) is 28.4 Å². The van der Waals surface area contributed by atoms with Crippen molar-refractivity contribution in [3.63, 3.8) is 0 Å². The van der Waals surface area contributed by atoms with Crippen molar-refractivity contribution < 1.29 is 0 Å². The zero-order chi connectivity index (χ0) is 12.6. The Morgan fingerprint density at radius 1 is 1.24 bits per heavy atom. The van der Waals surface area contributed by atoms with Crippen LogP contribution >= 0.6 is 22.9 Å². The number of thiophene rings is 1. The SMILES string of the molecule is CC(C)(C)c1nc(N)cc(-c2ccc(Cl)s2)n1. The number of nitrogens with zero attached hydrogens (tertiary/aromatic N) is 2. The van der Waals surface area contributed by atoms with Crippen LogP contribution in [0.1, 0.15) is 26.6 Å². The minimum Gasteiger partial charge on any atom is -0.384 e. The number of hydrogen-bond acceptors (Lipinski definition) is 4. The Morgan fingerprint density at radius 3 is 2.47 bits per heavy atom. The molecule has 2 N–H and O–H groups in total. The van der Waals surface area contributed by atoms with Crippen molar-refractivity contribution in [2.75, 3.05) is 5.73 Å². The van der Waals surface area contributed by atoms with Crippen LogP contribution in [0.4, 0.5) is 5.82 Å². The molecular weight excluding hydrogens is 254 g/mol. The van der Waals surface area contributed by atoms with Crippen LogP contribution in [-0.4, -0.2) is 9.97 Å². The number of nitrogen functional groups attached to an aromatic ring is 1. The molecule has 5 heteroatoms. The van der Waals surface area contributed by atoms with E-state index in [1.54, 1.807) is 6.07 Å². The van der Waals surface area contributed by atoms with Crippen LogP contribution in [0.2, 0.25) is 4.34 Å². The van der Waals surface area contributed by atoms with E-state index in [9.17, 15) is 0 Å². The minimum absolute atomic E-state index is 0.120. The molecule has 0 spiro atoms. The van der Waals surface area contributed by atoms with Gasteiger partial charge in [0.05, 0.1) is 14.9 Å². The van der Waals surface area contributed by atoms with Gasteiger partial charge in [-0.3, -0.25) is 0 Å². The van der Waals surface area contributed by atoms with Crippen LogP contribution in [0.15, 0.2) is 18.2 Å². The summed E-state index contributed by atoms with van der Waals surface area (Å²) >= 11 is 7.41. The fraction of sp³-hybridized carbons (Fsp3) is 0.333. The predicted molar refractivity (Wildman–Crippen MR) is 73.5 cm³/mol. The summed E-state index contributed by atoms with van der Waals surface area (Å²) in [5, 5.41) is 0. The fourth-order valence-electron chi connectivity index (χ4n) is 1.38. The number of hydrogen-bond donors (Lipinski definition) is 1. The first-order valence-electron chi connectivity index (χ1n) is 5.27. The lowest BCUT2D eigenvalue weighted by atomic mass is 9.95. The van der Waals surface area contributed by atoms with E-state index >= 15 is 0 Å². The van der Waals surface area contributed by atoms with Crippen LogP contribution in [0.25, 0.3) is 10.6 Å². The number of halogens is 1. The summed E-state index contributed by atoms with van der Waals surface area (Å²) in [5.74, 6) is 1.24. The Hall–Kier alpha value is -1.13. The number of rotatable bonds is 1. The van der Waals surface area contributed by atoms with E-state index in [2.05, 4.69) is 30.7 Å². The molecule has 0 aliphatic heterocycles. The minimum atomic E-state index is -0.120. The highest BCUT2D eigenvalue weighted by Crippen LogP contribution is 2.31. The number of anilines is 1. The van der Waals surface area contributed by atoms with Gasteiger partial charge in [0.15, 0.2) is 0 Å². The molecule has 2 aromatic rings. The lowest BCUT2D eigenvalue weighted by Gasteiger charge is -2.17. The third-order valence-electron chi connectivity index (χ3n) is 2.24. The normalized spacial score (nSPS) is 11.8. The standard InChI is InChI=1S/C12H14ClN3S/c1-12(2,3)11-15-7(6-10(14)16-11)8-4-5-9(13)17-8/h4-6H,1-3H3,(H2,14,15,16). The molecule has 0 saturated heterocycles. The van der Waals surface area contributed by atoms with Gasteiger partial charge in [0.2, 0.25) is 0 Å². The first-order valence-corrected chi connectivity index (χ1v) is 6.46. The first kappa shape index (κ1) is 12.3. The molecule has 90 valence electrons. The van der Waals surface area contributed by atoms with Gasteiger partial charge < -0.3 is 5.73 Å².